The maximum Gasteiger partial charge on any atom is 0.342 e. The van der Waals surface area contributed by atoms with Crippen LogP contribution in [0.4, 0.5) is 0 Å². The van der Waals surface area contributed by atoms with Gasteiger partial charge in [-0.1, -0.05) is 86.9 Å². The zero-order valence-corrected chi connectivity index (χ0v) is 44.5. The lowest BCUT2D eigenvalue weighted by Crippen LogP contribution is -2.64. The van der Waals surface area contributed by atoms with Crippen LogP contribution in [-0.2, 0) is 53.9 Å². The van der Waals surface area contributed by atoms with Crippen LogP contribution in [0, 0.1) is 11.8 Å². The fourth-order valence-electron chi connectivity index (χ4n) is 8.60. The van der Waals surface area contributed by atoms with Crippen LogP contribution in [0.3, 0.4) is 0 Å². The second-order valence-electron chi connectivity index (χ2n) is 19.4. The Balaban J connectivity index is 1.61. The molecule has 20 heteroatoms. The van der Waals surface area contributed by atoms with Crippen LogP contribution >= 0.6 is 23.2 Å². The topological polar surface area (TPSA) is 267 Å². The standard InChI is InChI=1S/C52H74Cl2O18/c1-13-30-22-26(6)33(56)18-16-15-17-31(23-66-51-45(65-12)42(61)44(29(9)67-51)69-49(64)35-32(14-2)36(53)39(58)37(54)38(35)57)48(63)68-34(28(8)55)20-19-25(5)21-27(7)43(30)70-50-41(60)40(59)46(52(10,11)72-50)71-47(62)24(3)4/h15-17,19,21-22,24,28-30,33-34,40-46,50-51,55-61H,13-14,18,20,23H2,1-12H3/b16-15+,25-19+,26-22+,27-21+,31-17+/t28?,29-,30?,33?,34?,40+,41-,42+,43?,44-,45+,46-,50+,51-/m0/s1. The normalized spacial score (nSPS) is 34.8. The molecule has 0 radical (unpaired) electrons. The highest BCUT2D eigenvalue weighted by atomic mass is 35.5. The summed E-state index contributed by atoms with van der Waals surface area (Å²) in [5, 5.41) is 76.5. The van der Waals surface area contributed by atoms with Crippen LogP contribution in [-0.4, -0.2) is 153 Å². The number of carbonyl (C=O) groups excluding carboxylic acids is 3. The molecule has 1 aromatic carbocycles. The van der Waals surface area contributed by atoms with Gasteiger partial charge in [-0.05, 0) is 90.5 Å². The second kappa shape index (κ2) is 26.5. The summed E-state index contributed by atoms with van der Waals surface area (Å²) in [4.78, 5) is 40.0. The molecule has 72 heavy (non-hydrogen) atoms. The fourth-order valence-corrected chi connectivity index (χ4v) is 9.16. The van der Waals surface area contributed by atoms with E-state index in [1.807, 2.05) is 32.9 Å². The van der Waals surface area contributed by atoms with Crippen molar-refractivity contribution in [2.75, 3.05) is 13.7 Å². The number of benzene rings is 1. The Bertz CT molecular complexity index is 2220. The lowest BCUT2D eigenvalue weighted by atomic mass is 9.88. The van der Waals surface area contributed by atoms with Crippen LogP contribution in [0.1, 0.15) is 111 Å². The van der Waals surface area contributed by atoms with Gasteiger partial charge in [-0.25, -0.2) is 9.59 Å². The quantitative estimate of drug-likeness (QED) is 0.0655. The zero-order chi connectivity index (χ0) is 54.1. The molecule has 14 atom stereocenters. The van der Waals surface area contributed by atoms with Crippen LogP contribution in [0.5, 0.6) is 11.5 Å². The SMILES string of the molecule is CCc1c(Cl)c(O)c(Cl)c(O)c1C(=O)O[C@@H]1[C@@H](O)[C@@H](OC)[C@@H](OC/C2=C\C=C\CC(O)/C(C)=C/C(CC)C(O[C@@H]3OC(C)(C)[C@@H](OC(=O)C(C)C)[C@H](O)[C@@H]3O)/C(C)=C/C(C)=C/CC(C(C)O)OC2=O)O[C@H]1C. The van der Waals surface area contributed by atoms with Crippen molar-refractivity contribution in [1.29, 1.82) is 0 Å². The van der Waals surface area contributed by atoms with Gasteiger partial charge in [0.2, 0.25) is 0 Å². The van der Waals surface area contributed by atoms with Gasteiger partial charge >= 0.3 is 17.9 Å². The third kappa shape index (κ3) is 14.7. The number of hydrogen-bond donors (Lipinski definition) is 7. The minimum absolute atomic E-state index is 0.0372. The van der Waals surface area contributed by atoms with Gasteiger partial charge in [0.1, 0.15) is 46.7 Å². The van der Waals surface area contributed by atoms with Crippen LogP contribution in [0.25, 0.3) is 0 Å². The lowest BCUT2D eigenvalue weighted by Gasteiger charge is -2.47. The Hall–Kier alpha value is -3.89. The number of methoxy groups -OCH3 is 1. The summed E-state index contributed by atoms with van der Waals surface area (Å²) in [5.74, 6) is -4.78. The summed E-state index contributed by atoms with van der Waals surface area (Å²) in [7, 11) is 1.26. The average molecular weight is 1060 g/mol. The minimum atomic E-state index is -1.61. The number of cyclic esters (lactones) is 1. The van der Waals surface area contributed by atoms with E-state index in [9.17, 15) is 50.1 Å². The Morgan fingerprint density at radius 3 is 2.17 bits per heavy atom. The molecule has 3 heterocycles. The number of rotatable bonds is 13. The van der Waals surface area contributed by atoms with Crippen LogP contribution < -0.4 is 0 Å². The first-order valence-corrected chi connectivity index (χ1v) is 24.9. The maximum absolute atomic E-state index is 13.9. The third-order valence-electron chi connectivity index (χ3n) is 13.0. The molecule has 1 aromatic rings. The van der Waals surface area contributed by atoms with E-state index in [-0.39, 0.29) is 35.4 Å². The molecular weight excluding hydrogens is 983 g/mol. The van der Waals surface area contributed by atoms with E-state index in [2.05, 4.69) is 0 Å². The van der Waals surface area contributed by atoms with Gasteiger partial charge in [-0.3, -0.25) is 4.79 Å². The van der Waals surface area contributed by atoms with E-state index in [1.54, 1.807) is 53.7 Å². The molecule has 0 amide bonds. The van der Waals surface area contributed by atoms with E-state index < -0.39 is 144 Å². The first-order chi connectivity index (χ1) is 33.7. The Morgan fingerprint density at radius 2 is 1.57 bits per heavy atom. The van der Waals surface area contributed by atoms with E-state index >= 15 is 0 Å². The number of ether oxygens (including phenoxy) is 8. The predicted octanol–water partition coefficient (Wildman–Crippen LogP) is 6.23. The molecule has 3 aliphatic rings. The summed E-state index contributed by atoms with van der Waals surface area (Å²) in [6.45, 7) is 18.1. The fraction of sp³-hybridized carbons (Fsp3) is 0.635. The highest BCUT2D eigenvalue weighted by molar-refractivity contribution is 6.39. The number of phenols is 2. The molecule has 0 aromatic heterocycles. The van der Waals surface area contributed by atoms with Crippen molar-refractivity contribution in [3.63, 3.8) is 0 Å². The molecule has 5 unspecified atom stereocenters. The molecule has 0 aliphatic carbocycles. The van der Waals surface area contributed by atoms with Gasteiger partial charge in [0, 0.05) is 19.4 Å². The highest BCUT2D eigenvalue weighted by Gasteiger charge is 2.53. The largest absolute Gasteiger partial charge is 0.505 e. The molecule has 2 saturated heterocycles. The van der Waals surface area contributed by atoms with Gasteiger partial charge in [-0.2, -0.15) is 0 Å². The van der Waals surface area contributed by atoms with Crippen LogP contribution in [0.2, 0.25) is 10.0 Å². The number of aromatic hydroxyl groups is 2. The predicted molar refractivity (Wildman–Crippen MR) is 265 cm³/mol. The van der Waals surface area contributed by atoms with Crippen molar-refractivity contribution in [3.05, 3.63) is 79.9 Å². The molecule has 3 aliphatic heterocycles. The number of hydrogen-bond acceptors (Lipinski definition) is 18. The second-order valence-corrected chi connectivity index (χ2v) is 20.1. The van der Waals surface area contributed by atoms with Crippen molar-refractivity contribution < 1.29 is 88.0 Å². The molecule has 0 spiro atoms. The molecule has 0 bridgehead atoms. The van der Waals surface area contributed by atoms with Crippen molar-refractivity contribution >= 4 is 41.1 Å². The van der Waals surface area contributed by atoms with E-state index in [4.69, 9.17) is 61.1 Å². The van der Waals surface area contributed by atoms with E-state index in [0.717, 1.165) is 0 Å². The number of aliphatic hydroxyl groups excluding tert-OH is 5. The van der Waals surface area contributed by atoms with Gasteiger partial charge in [0.05, 0.1) is 47.5 Å². The zero-order valence-electron chi connectivity index (χ0n) is 43.0. The van der Waals surface area contributed by atoms with E-state index in [1.165, 1.54) is 33.1 Å². The highest BCUT2D eigenvalue weighted by Crippen LogP contribution is 2.45. The molecule has 7 N–H and O–H groups in total. The summed E-state index contributed by atoms with van der Waals surface area (Å²) in [6.07, 6.45) is -5.45. The van der Waals surface area contributed by atoms with Crippen molar-refractivity contribution in [3.8, 4) is 11.5 Å². The summed E-state index contributed by atoms with van der Waals surface area (Å²) < 4.78 is 47.5. The first-order valence-electron chi connectivity index (χ1n) is 24.2. The summed E-state index contributed by atoms with van der Waals surface area (Å²) >= 11 is 12.3. The van der Waals surface area contributed by atoms with Gasteiger partial charge < -0.3 is 73.6 Å². The summed E-state index contributed by atoms with van der Waals surface area (Å²) in [6, 6.07) is 0. The molecule has 0 saturated carbocycles. The Morgan fingerprint density at radius 1 is 0.903 bits per heavy atom. The number of esters is 3. The van der Waals surface area contributed by atoms with Crippen LogP contribution in [0.15, 0.2) is 58.7 Å². The monoisotopic (exact) mass is 1060 g/mol. The maximum atomic E-state index is 13.9. The average Bonchev–Trinajstić information content (AvgIpc) is 3.32. The number of allylic oxidation sites excluding steroid dienone is 4. The minimum Gasteiger partial charge on any atom is -0.505 e. The number of phenolic OH excluding ortho intramolecular Hbond substituents is 2. The van der Waals surface area contributed by atoms with Gasteiger partial charge in [0.15, 0.2) is 36.3 Å². The number of carbonyl (C=O) groups is 3. The Labute approximate surface area is 431 Å². The number of halogens is 2. The van der Waals surface area contributed by atoms with Crippen molar-refractivity contribution in [1.82, 2.24) is 0 Å². The summed E-state index contributed by atoms with van der Waals surface area (Å²) in [5.41, 5.74) is 0.318. The van der Waals surface area contributed by atoms with Gasteiger partial charge in [0.25, 0.3) is 0 Å². The molecule has 4 rings (SSSR count). The molecular formula is C52H74Cl2O18. The smallest absolute Gasteiger partial charge is 0.342 e. The molecule has 2 fully saturated rings. The Kier molecular flexibility index (Phi) is 22.4. The number of aliphatic hydroxyl groups is 5. The van der Waals surface area contributed by atoms with Crippen molar-refractivity contribution in [2.45, 2.75) is 187 Å². The van der Waals surface area contributed by atoms with Crippen molar-refractivity contribution in [2.24, 2.45) is 11.8 Å². The third-order valence-corrected chi connectivity index (χ3v) is 13.8. The first kappa shape index (κ1) is 60.7. The van der Waals surface area contributed by atoms with E-state index in [0.29, 0.717) is 23.1 Å². The molecule has 404 valence electrons. The van der Waals surface area contributed by atoms with Gasteiger partial charge in [-0.15, -0.1) is 0 Å². The lowest BCUT2D eigenvalue weighted by molar-refractivity contribution is -0.333. The molecule has 18 nitrogen and oxygen atoms in total.